The van der Waals surface area contributed by atoms with Gasteiger partial charge in [-0.1, -0.05) is 0 Å². The van der Waals surface area contributed by atoms with Crippen molar-refractivity contribution in [2.75, 3.05) is 18.5 Å². The molecule has 1 heterocycles. The Hall–Kier alpha value is -2.41. The van der Waals surface area contributed by atoms with Gasteiger partial charge in [0.1, 0.15) is 11.6 Å². The lowest BCUT2D eigenvalue weighted by molar-refractivity contribution is -0.112. The van der Waals surface area contributed by atoms with E-state index in [1.54, 1.807) is 0 Å². The molecule has 1 unspecified atom stereocenters. The number of ether oxygens (including phenoxy) is 1. The maximum absolute atomic E-state index is 12.0. The highest BCUT2D eigenvalue weighted by Gasteiger charge is 2.15. The molecule has 8 nitrogen and oxygen atoms in total. The summed E-state index contributed by atoms with van der Waals surface area (Å²) < 4.78 is 27.8. The molecule has 128 valence electrons. The summed E-state index contributed by atoms with van der Waals surface area (Å²) in [6, 6.07) is 7.15. The summed E-state index contributed by atoms with van der Waals surface area (Å²) in [7, 11) is -3.79. The molecule has 2 rings (SSSR count). The largest absolute Gasteiger partial charge is 0.387 e. The van der Waals surface area contributed by atoms with Gasteiger partial charge in [-0.05, 0) is 37.1 Å². The van der Waals surface area contributed by atoms with Crippen LogP contribution in [0.2, 0.25) is 0 Å². The molecule has 1 aromatic rings. The van der Waals surface area contributed by atoms with Crippen molar-refractivity contribution in [2.24, 2.45) is 5.14 Å². The highest BCUT2D eigenvalue weighted by atomic mass is 32.2. The van der Waals surface area contributed by atoms with Gasteiger partial charge in [0.25, 0.3) is 5.91 Å². The SMILES string of the molecule is N#C/C(=C/NCC1CCCO1)C(=O)Nc1ccc(S(N)(=O)=O)cc1. The van der Waals surface area contributed by atoms with Gasteiger partial charge in [-0.3, -0.25) is 4.79 Å². The van der Waals surface area contributed by atoms with Gasteiger partial charge >= 0.3 is 0 Å². The number of amides is 1. The zero-order valence-corrected chi connectivity index (χ0v) is 13.7. The van der Waals surface area contributed by atoms with Crippen LogP contribution in [0.15, 0.2) is 40.9 Å². The van der Waals surface area contributed by atoms with E-state index in [0.717, 1.165) is 19.4 Å². The number of primary sulfonamides is 1. The third-order valence-corrected chi connectivity index (χ3v) is 4.35. The molecular weight excluding hydrogens is 332 g/mol. The summed E-state index contributed by atoms with van der Waals surface area (Å²) in [5.41, 5.74) is 0.260. The zero-order valence-electron chi connectivity index (χ0n) is 12.9. The third kappa shape index (κ3) is 5.06. The monoisotopic (exact) mass is 350 g/mol. The fourth-order valence-electron chi connectivity index (χ4n) is 2.17. The van der Waals surface area contributed by atoms with E-state index in [1.165, 1.54) is 30.5 Å². The van der Waals surface area contributed by atoms with Crippen LogP contribution >= 0.6 is 0 Å². The van der Waals surface area contributed by atoms with Crippen LogP contribution in [0.1, 0.15) is 12.8 Å². The molecule has 1 amide bonds. The number of hydrogen-bond donors (Lipinski definition) is 3. The lowest BCUT2D eigenvalue weighted by Crippen LogP contribution is -2.24. The number of nitriles is 1. The first kappa shape index (κ1) is 17.9. The number of sulfonamides is 1. The van der Waals surface area contributed by atoms with Crippen molar-refractivity contribution in [3.8, 4) is 6.07 Å². The molecule has 1 atom stereocenters. The molecule has 0 bridgehead atoms. The summed E-state index contributed by atoms with van der Waals surface area (Å²) in [5.74, 6) is -0.597. The third-order valence-electron chi connectivity index (χ3n) is 3.42. The molecule has 1 aliphatic heterocycles. The number of rotatable bonds is 6. The van der Waals surface area contributed by atoms with Crippen molar-refractivity contribution >= 4 is 21.6 Å². The standard InChI is InChI=1S/C15H18N4O4S/c16-8-11(9-18-10-13-2-1-7-23-13)15(20)19-12-3-5-14(6-4-12)24(17,21)22/h3-6,9,13,18H,1-2,7,10H2,(H,19,20)(H2,17,21,22)/b11-9-. The number of nitrogens with one attached hydrogen (secondary N) is 2. The second-order valence-corrected chi connectivity index (χ2v) is 6.80. The van der Waals surface area contributed by atoms with Crippen LogP contribution in [-0.4, -0.2) is 33.6 Å². The van der Waals surface area contributed by atoms with Crippen LogP contribution in [0.3, 0.4) is 0 Å². The summed E-state index contributed by atoms with van der Waals surface area (Å²) >= 11 is 0. The Balaban J connectivity index is 1.94. The minimum absolute atomic E-state index is 0.0604. The number of nitrogens with two attached hydrogens (primary N) is 1. The fourth-order valence-corrected chi connectivity index (χ4v) is 2.69. The van der Waals surface area contributed by atoms with E-state index >= 15 is 0 Å². The quantitative estimate of drug-likeness (QED) is 0.504. The van der Waals surface area contributed by atoms with E-state index in [1.807, 2.05) is 6.07 Å². The van der Waals surface area contributed by atoms with Gasteiger partial charge in [0, 0.05) is 25.0 Å². The Morgan fingerprint density at radius 1 is 1.42 bits per heavy atom. The minimum atomic E-state index is -3.79. The average Bonchev–Trinajstić information content (AvgIpc) is 3.04. The van der Waals surface area contributed by atoms with Crippen LogP contribution in [0.5, 0.6) is 0 Å². The van der Waals surface area contributed by atoms with E-state index in [-0.39, 0.29) is 16.6 Å². The molecule has 1 aliphatic rings. The topological polar surface area (TPSA) is 134 Å². The zero-order chi connectivity index (χ0) is 17.6. The van der Waals surface area contributed by atoms with Gasteiger partial charge in [-0.15, -0.1) is 0 Å². The molecule has 0 spiro atoms. The first-order valence-electron chi connectivity index (χ1n) is 7.29. The molecule has 1 saturated heterocycles. The summed E-state index contributed by atoms with van der Waals surface area (Å²) in [6.45, 7) is 1.26. The van der Waals surface area contributed by atoms with E-state index in [9.17, 15) is 13.2 Å². The predicted molar refractivity (Wildman–Crippen MR) is 87.1 cm³/mol. The van der Waals surface area contributed by atoms with Crippen LogP contribution in [0, 0.1) is 11.3 Å². The number of hydrogen-bond acceptors (Lipinski definition) is 6. The molecule has 0 radical (unpaired) electrons. The number of carbonyl (C=O) groups excluding carboxylic acids is 1. The number of benzene rings is 1. The van der Waals surface area contributed by atoms with Gasteiger partial charge < -0.3 is 15.4 Å². The van der Waals surface area contributed by atoms with Gasteiger partial charge in [0.05, 0.1) is 11.0 Å². The Kier molecular flexibility index (Phi) is 5.92. The Bertz CT molecular complexity index is 760. The van der Waals surface area contributed by atoms with E-state index in [0.29, 0.717) is 12.2 Å². The van der Waals surface area contributed by atoms with E-state index < -0.39 is 15.9 Å². The number of anilines is 1. The van der Waals surface area contributed by atoms with Crippen molar-refractivity contribution < 1.29 is 17.9 Å². The van der Waals surface area contributed by atoms with E-state index in [4.69, 9.17) is 15.1 Å². The second kappa shape index (κ2) is 7.92. The van der Waals surface area contributed by atoms with Crippen molar-refractivity contribution in [3.05, 3.63) is 36.0 Å². The van der Waals surface area contributed by atoms with Crippen molar-refractivity contribution in [1.82, 2.24) is 5.32 Å². The summed E-state index contributed by atoms with van der Waals surface area (Å²) in [5, 5.41) is 19.5. The van der Waals surface area contributed by atoms with Gasteiger partial charge in [-0.2, -0.15) is 5.26 Å². The smallest absolute Gasteiger partial charge is 0.267 e. The Morgan fingerprint density at radius 2 is 2.12 bits per heavy atom. The average molecular weight is 350 g/mol. The molecule has 4 N–H and O–H groups in total. The highest BCUT2D eigenvalue weighted by Crippen LogP contribution is 2.14. The second-order valence-electron chi connectivity index (χ2n) is 5.24. The number of carbonyl (C=O) groups is 1. The van der Waals surface area contributed by atoms with E-state index in [2.05, 4.69) is 10.6 Å². The molecule has 0 saturated carbocycles. The summed E-state index contributed by atoms with van der Waals surface area (Å²) in [4.78, 5) is 12.0. The maximum Gasteiger partial charge on any atom is 0.267 e. The van der Waals surface area contributed by atoms with Gasteiger partial charge in [0.15, 0.2) is 0 Å². The molecular formula is C15H18N4O4S. The Morgan fingerprint density at radius 3 is 2.67 bits per heavy atom. The molecule has 1 fully saturated rings. The molecule has 24 heavy (non-hydrogen) atoms. The lowest BCUT2D eigenvalue weighted by Gasteiger charge is -2.09. The predicted octanol–water partition coefficient (Wildman–Crippen LogP) is 0.449. The first-order chi connectivity index (χ1) is 11.4. The van der Waals surface area contributed by atoms with Gasteiger partial charge in [-0.25, -0.2) is 13.6 Å². The first-order valence-corrected chi connectivity index (χ1v) is 8.84. The normalized spacial score (nSPS) is 18.0. The summed E-state index contributed by atoms with van der Waals surface area (Å²) in [6.07, 6.45) is 3.40. The van der Waals surface area contributed by atoms with Crippen LogP contribution in [-0.2, 0) is 19.6 Å². The molecule has 0 aromatic heterocycles. The number of nitrogens with zero attached hydrogens (tertiary/aromatic N) is 1. The molecule has 1 aromatic carbocycles. The van der Waals surface area contributed by atoms with Crippen molar-refractivity contribution in [1.29, 1.82) is 5.26 Å². The Labute approximate surface area is 140 Å². The molecule has 0 aliphatic carbocycles. The molecule has 9 heteroatoms. The van der Waals surface area contributed by atoms with Gasteiger partial charge in [0.2, 0.25) is 10.0 Å². The highest BCUT2D eigenvalue weighted by molar-refractivity contribution is 7.89. The van der Waals surface area contributed by atoms with Crippen molar-refractivity contribution in [3.63, 3.8) is 0 Å². The minimum Gasteiger partial charge on any atom is -0.387 e. The van der Waals surface area contributed by atoms with Crippen LogP contribution in [0.25, 0.3) is 0 Å². The van der Waals surface area contributed by atoms with Crippen molar-refractivity contribution in [2.45, 2.75) is 23.8 Å². The van der Waals surface area contributed by atoms with Crippen LogP contribution in [0.4, 0.5) is 5.69 Å². The lowest BCUT2D eigenvalue weighted by atomic mass is 10.2. The fraction of sp³-hybridized carbons (Fsp3) is 0.333. The van der Waals surface area contributed by atoms with Crippen LogP contribution < -0.4 is 15.8 Å². The maximum atomic E-state index is 12.0.